The van der Waals surface area contributed by atoms with E-state index in [0.717, 1.165) is 31.5 Å². The van der Waals surface area contributed by atoms with Crippen LogP contribution in [0.5, 0.6) is 0 Å². The van der Waals surface area contributed by atoms with Crippen molar-refractivity contribution in [2.45, 2.75) is 42.9 Å². The molecule has 0 amide bonds. The Morgan fingerprint density at radius 1 is 0.705 bits per heavy atom. The molecule has 4 aliphatic rings. The van der Waals surface area contributed by atoms with Crippen LogP contribution in [0.1, 0.15) is 52.6 Å². The summed E-state index contributed by atoms with van der Waals surface area (Å²) >= 11 is 0. The second-order valence-electron chi connectivity index (χ2n) is 13.0. The van der Waals surface area contributed by atoms with Gasteiger partial charge in [-0.3, -0.25) is 9.88 Å². The monoisotopic (exact) mass is 586 g/mol. The van der Waals surface area contributed by atoms with E-state index in [1.54, 1.807) is 18.3 Å². The first-order chi connectivity index (χ1) is 21.4. The minimum atomic E-state index is -4.35. The molecule has 1 unspecified atom stereocenters. The predicted octanol–water partition coefficient (Wildman–Crippen LogP) is 9.46. The highest BCUT2D eigenvalue weighted by atomic mass is 19.4. The lowest BCUT2D eigenvalue weighted by atomic mass is 9.53. The molecule has 2 nitrogen and oxygen atoms in total. The lowest BCUT2D eigenvalue weighted by Gasteiger charge is -2.53. The third-order valence-corrected chi connectivity index (χ3v) is 10.8. The molecule has 9 rings (SSSR count). The molecule has 1 aromatic heterocycles. The van der Waals surface area contributed by atoms with E-state index in [1.165, 1.54) is 39.9 Å². The Balaban J connectivity index is 1.18. The molecule has 0 radical (unpaired) electrons. The molecule has 220 valence electrons. The topological polar surface area (TPSA) is 16.1 Å². The average Bonchev–Trinajstić information content (AvgIpc) is 3.61. The summed E-state index contributed by atoms with van der Waals surface area (Å²) in [6.45, 7) is 1.72. The Kier molecular flexibility index (Phi) is 6.32. The Hall–Kier alpha value is -4.22. The zero-order valence-corrected chi connectivity index (χ0v) is 24.3. The molecule has 2 heterocycles. The Morgan fingerprint density at radius 3 is 2.00 bits per heavy atom. The van der Waals surface area contributed by atoms with Crippen LogP contribution in [0.25, 0.3) is 11.1 Å². The first kappa shape index (κ1) is 27.3. The van der Waals surface area contributed by atoms with Gasteiger partial charge < -0.3 is 0 Å². The van der Waals surface area contributed by atoms with Gasteiger partial charge in [-0.2, -0.15) is 13.2 Å². The van der Waals surface area contributed by atoms with Crippen LogP contribution in [0.3, 0.4) is 0 Å². The fourth-order valence-corrected chi connectivity index (χ4v) is 9.20. The van der Waals surface area contributed by atoms with Crippen molar-refractivity contribution in [3.05, 3.63) is 162 Å². The van der Waals surface area contributed by atoms with Gasteiger partial charge in [0.05, 0.1) is 5.56 Å². The third kappa shape index (κ3) is 4.24. The Bertz CT molecular complexity index is 1740. The number of likely N-dealkylation sites (tertiary alicyclic amines) is 1. The van der Waals surface area contributed by atoms with Crippen molar-refractivity contribution in [1.82, 2.24) is 9.88 Å². The van der Waals surface area contributed by atoms with Gasteiger partial charge in [-0.05, 0) is 81.7 Å². The van der Waals surface area contributed by atoms with E-state index in [4.69, 9.17) is 0 Å². The number of hydrogen-bond acceptors (Lipinski definition) is 2. The van der Waals surface area contributed by atoms with Crippen molar-refractivity contribution in [2.75, 3.05) is 6.54 Å². The summed E-state index contributed by atoms with van der Waals surface area (Å²) in [6.07, 6.45) is 1.44. The number of nitrogens with zero attached hydrogens (tertiary/aromatic N) is 2. The second-order valence-corrected chi connectivity index (χ2v) is 13.0. The molecule has 4 fully saturated rings. The molecular formula is C39H33F3N2. The average molecular weight is 587 g/mol. The van der Waals surface area contributed by atoms with Crippen LogP contribution in [0.4, 0.5) is 13.2 Å². The van der Waals surface area contributed by atoms with Crippen LogP contribution < -0.4 is 0 Å². The lowest BCUT2D eigenvalue weighted by Crippen LogP contribution is -2.47. The second kappa shape index (κ2) is 10.2. The summed E-state index contributed by atoms with van der Waals surface area (Å²) in [5, 5.41) is 0. The molecule has 3 saturated carbocycles. The number of alkyl halides is 3. The van der Waals surface area contributed by atoms with Crippen molar-refractivity contribution in [2.24, 2.45) is 11.3 Å². The molecule has 1 spiro atoms. The number of rotatable bonds is 6. The minimum Gasteiger partial charge on any atom is -0.291 e. The van der Waals surface area contributed by atoms with E-state index in [2.05, 4.69) is 94.8 Å². The molecule has 3 aliphatic carbocycles. The van der Waals surface area contributed by atoms with Crippen molar-refractivity contribution < 1.29 is 13.2 Å². The zero-order chi connectivity index (χ0) is 29.9. The van der Waals surface area contributed by atoms with Crippen LogP contribution in [-0.2, 0) is 18.1 Å². The molecule has 5 aromatic rings. The van der Waals surface area contributed by atoms with E-state index in [1.807, 2.05) is 18.3 Å². The smallest absolute Gasteiger partial charge is 0.291 e. The predicted molar refractivity (Wildman–Crippen MR) is 167 cm³/mol. The van der Waals surface area contributed by atoms with E-state index >= 15 is 0 Å². The number of hydrogen-bond donors (Lipinski definition) is 0. The highest BCUT2D eigenvalue weighted by Gasteiger charge is 2.77. The summed E-state index contributed by atoms with van der Waals surface area (Å²) in [6, 6.07) is 40.6. The van der Waals surface area contributed by atoms with Crippen LogP contribution in [0.2, 0.25) is 0 Å². The molecule has 3 atom stereocenters. The van der Waals surface area contributed by atoms with Gasteiger partial charge in [0.15, 0.2) is 0 Å². The first-order valence-corrected chi connectivity index (χ1v) is 15.4. The maximum Gasteiger partial charge on any atom is 0.416 e. The molecular weight excluding hydrogens is 553 g/mol. The largest absolute Gasteiger partial charge is 0.416 e. The summed E-state index contributed by atoms with van der Waals surface area (Å²) in [5.41, 5.74) is 6.53. The maximum atomic E-state index is 13.5. The minimum absolute atomic E-state index is 0.0362. The van der Waals surface area contributed by atoms with Gasteiger partial charge >= 0.3 is 6.18 Å². The van der Waals surface area contributed by atoms with Gasteiger partial charge in [0.25, 0.3) is 0 Å². The standard InChI is InChI=1S/C39H33F3N2/c40-39(41,42)32-19-17-30(18-20-32)35-34-24-44(23-27-13-15-29(16-14-27)28-8-3-1-4-9-28)36(31-10-5-2-6-11-31)38(34)25-37(35,26-38)33-12-7-21-43-22-33/h1-22,34-36H,23-26H2/t34-,35?,36-,37?,38?/m1/s1. The van der Waals surface area contributed by atoms with Gasteiger partial charge in [-0.1, -0.05) is 103 Å². The summed E-state index contributed by atoms with van der Waals surface area (Å²) < 4.78 is 40.6. The van der Waals surface area contributed by atoms with E-state index in [9.17, 15) is 13.2 Å². The molecule has 1 saturated heterocycles. The number of halogens is 3. The van der Waals surface area contributed by atoms with Crippen molar-refractivity contribution in [3.63, 3.8) is 0 Å². The lowest BCUT2D eigenvalue weighted by molar-refractivity contribution is -0.137. The van der Waals surface area contributed by atoms with E-state index < -0.39 is 11.7 Å². The maximum absolute atomic E-state index is 13.5. The molecule has 2 bridgehead atoms. The Labute approximate surface area is 256 Å². The highest BCUT2D eigenvalue weighted by Crippen LogP contribution is 2.82. The van der Waals surface area contributed by atoms with Crippen LogP contribution in [0.15, 0.2) is 134 Å². The SMILES string of the molecule is FC(F)(F)c1ccc(C2[C@H]3CN(Cc4ccc(-c5ccccc5)cc4)[C@H](c4ccccc4)C34CC2(c2cccnc2)C4)cc1. The third-order valence-electron chi connectivity index (χ3n) is 10.8. The highest BCUT2D eigenvalue weighted by molar-refractivity contribution is 5.63. The quantitative estimate of drug-likeness (QED) is 0.197. The number of aromatic nitrogens is 1. The van der Waals surface area contributed by atoms with Gasteiger partial charge in [-0.25, -0.2) is 0 Å². The van der Waals surface area contributed by atoms with Gasteiger partial charge in [-0.15, -0.1) is 0 Å². The molecule has 5 heteroatoms. The number of pyridine rings is 1. The molecule has 44 heavy (non-hydrogen) atoms. The van der Waals surface area contributed by atoms with Crippen molar-refractivity contribution in [3.8, 4) is 11.1 Å². The van der Waals surface area contributed by atoms with Crippen LogP contribution in [0, 0.1) is 11.3 Å². The molecule has 0 N–H and O–H groups in total. The van der Waals surface area contributed by atoms with Crippen LogP contribution >= 0.6 is 0 Å². The Morgan fingerprint density at radius 2 is 1.36 bits per heavy atom. The van der Waals surface area contributed by atoms with Crippen molar-refractivity contribution in [1.29, 1.82) is 0 Å². The summed E-state index contributed by atoms with van der Waals surface area (Å²) in [5.74, 6) is 0.430. The van der Waals surface area contributed by atoms with Gasteiger partial charge in [0.1, 0.15) is 0 Å². The van der Waals surface area contributed by atoms with Crippen molar-refractivity contribution >= 4 is 0 Å². The fourth-order valence-electron chi connectivity index (χ4n) is 9.20. The summed E-state index contributed by atoms with van der Waals surface area (Å²) in [4.78, 5) is 7.12. The summed E-state index contributed by atoms with van der Waals surface area (Å²) in [7, 11) is 0. The zero-order valence-electron chi connectivity index (χ0n) is 24.3. The van der Waals surface area contributed by atoms with Gasteiger partial charge in [0.2, 0.25) is 0 Å². The fraction of sp³-hybridized carbons (Fsp3) is 0.256. The number of benzene rings is 4. The van der Waals surface area contributed by atoms with Gasteiger partial charge in [0, 0.05) is 36.9 Å². The normalized spacial score (nSPS) is 27.6. The van der Waals surface area contributed by atoms with E-state index in [-0.39, 0.29) is 22.8 Å². The molecule has 1 aliphatic heterocycles. The molecule has 4 aromatic carbocycles. The van der Waals surface area contributed by atoms with E-state index in [0.29, 0.717) is 5.92 Å². The first-order valence-electron chi connectivity index (χ1n) is 15.4. The van der Waals surface area contributed by atoms with Crippen LogP contribution in [-0.4, -0.2) is 16.4 Å².